The number of hydrogen-bond donors (Lipinski definition) is 5. The molecule has 2 heterocycles. The number of carbonyl (C=O) groups excluding carboxylic acids is 2. The van der Waals surface area contributed by atoms with E-state index in [9.17, 15) is 35.1 Å². The maximum atomic E-state index is 13.3. The van der Waals surface area contributed by atoms with Crippen molar-refractivity contribution in [2.24, 2.45) is 29.6 Å². The first-order valence-electron chi connectivity index (χ1n) is 13.0. The third-order valence-electron chi connectivity index (χ3n) is 8.40. The van der Waals surface area contributed by atoms with Crippen LogP contribution in [0.2, 0.25) is 0 Å². The Kier molecular flexibility index (Phi) is 10.5. The van der Waals surface area contributed by atoms with E-state index in [1.807, 2.05) is 6.92 Å². The molecule has 210 valence electrons. The van der Waals surface area contributed by atoms with E-state index in [1.54, 1.807) is 41.5 Å². The molecule has 0 aromatic heterocycles. The van der Waals surface area contributed by atoms with Gasteiger partial charge in [-0.3, -0.25) is 9.59 Å². The van der Waals surface area contributed by atoms with E-state index in [1.165, 1.54) is 6.92 Å². The quantitative estimate of drug-likeness (QED) is 0.338. The van der Waals surface area contributed by atoms with Crippen LogP contribution in [0.1, 0.15) is 68.2 Å². The molecule has 0 radical (unpaired) electrons. The van der Waals surface area contributed by atoms with Gasteiger partial charge in [0.25, 0.3) is 0 Å². The summed E-state index contributed by atoms with van der Waals surface area (Å²) in [6, 6.07) is 0. The molecule has 5 N–H and O–H groups in total. The SMILES string of the molecule is CC[C@H]1OC(=O)[C@H](C)[C@@H](OC2OC(C)C(O)C(O)C2O)[C@H](C)[C@](C)(O)C[C@@H](C)C(=O)[C@H](C)[C@@H](O)[C@H]1C. The fraction of sp³-hybridized carbons (Fsp3) is 0.923. The van der Waals surface area contributed by atoms with E-state index in [0.29, 0.717) is 6.42 Å². The summed E-state index contributed by atoms with van der Waals surface area (Å²) in [4.78, 5) is 26.4. The Morgan fingerprint density at radius 1 is 0.917 bits per heavy atom. The zero-order chi connectivity index (χ0) is 27.7. The smallest absolute Gasteiger partial charge is 0.311 e. The summed E-state index contributed by atoms with van der Waals surface area (Å²) in [7, 11) is 0. The van der Waals surface area contributed by atoms with Crippen molar-refractivity contribution in [1.29, 1.82) is 0 Å². The van der Waals surface area contributed by atoms with Crippen LogP contribution in [0, 0.1) is 29.6 Å². The van der Waals surface area contributed by atoms with E-state index in [-0.39, 0.29) is 12.2 Å². The highest BCUT2D eigenvalue weighted by Crippen LogP contribution is 2.37. The molecule has 2 rings (SSSR count). The van der Waals surface area contributed by atoms with Crippen LogP contribution in [-0.2, 0) is 23.8 Å². The lowest BCUT2D eigenvalue weighted by Gasteiger charge is -2.44. The molecule has 5 unspecified atom stereocenters. The standard InChI is InChI=1S/C26H46O10/c1-9-17-12(3)19(28)13(4)18(27)11(2)10-26(8,33)15(6)23(14(5)24(32)35-17)36-25-22(31)21(30)20(29)16(7)34-25/h11-17,19-23,25,28-31,33H,9-10H2,1-8H3/t11-,12+,13+,14-,15+,16?,17-,19+,20?,21?,22?,23-,25?,26-/m1/s1. The highest BCUT2D eigenvalue weighted by Gasteiger charge is 2.49. The number of cyclic esters (lactones) is 1. The fourth-order valence-electron chi connectivity index (χ4n) is 5.46. The summed E-state index contributed by atoms with van der Waals surface area (Å²) in [5, 5.41) is 53.1. The number of rotatable bonds is 3. The van der Waals surface area contributed by atoms with Gasteiger partial charge in [-0.05, 0) is 33.6 Å². The Morgan fingerprint density at radius 2 is 1.50 bits per heavy atom. The van der Waals surface area contributed by atoms with E-state index in [0.717, 1.165) is 0 Å². The van der Waals surface area contributed by atoms with Crippen molar-refractivity contribution >= 4 is 11.8 Å². The number of ketones is 1. The van der Waals surface area contributed by atoms with Gasteiger partial charge >= 0.3 is 5.97 Å². The molecular formula is C26H46O10. The molecule has 0 aromatic rings. The van der Waals surface area contributed by atoms with Gasteiger partial charge < -0.3 is 39.7 Å². The van der Waals surface area contributed by atoms with Gasteiger partial charge in [0.15, 0.2) is 6.29 Å². The number of Topliss-reactive ketones (excluding diaryl/α,β-unsaturated/α-hetero) is 1. The molecule has 0 aromatic carbocycles. The van der Waals surface area contributed by atoms with Crippen molar-refractivity contribution in [2.45, 2.75) is 123 Å². The topological polar surface area (TPSA) is 163 Å². The summed E-state index contributed by atoms with van der Waals surface area (Å²) in [5.74, 6) is -4.35. The molecule has 14 atom stereocenters. The molecule has 0 spiro atoms. The molecule has 0 saturated carbocycles. The second-order valence-electron chi connectivity index (χ2n) is 11.2. The molecule has 2 saturated heterocycles. The van der Waals surface area contributed by atoms with E-state index >= 15 is 0 Å². The van der Waals surface area contributed by atoms with Crippen LogP contribution in [0.25, 0.3) is 0 Å². The minimum Gasteiger partial charge on any atom is -0.462 e. The number of aliphatic hydroxyl groups excluding tert-OH is 4. The van der Waals surface area contributed by atoms with Crippen LogP contribution in [0.5, 0.6) is 0 Å². The summed E-state index contributed by atoms with van der Waals surface area (Å²) in [5.41, 5.74) is -1.49. The molecule has 2 aliphatic rings. The average Bonchev–Trinajstić information content (AvgIpc) is 2.83. The summed E-state index contributed by atoms with van der Waals surface area (Å²) in [6.45, 7) is 13.2. The van der Waals surface area contributed by atoms with Crippen LogP contribution in [0.15, 0.2) is 0 Å². The summed E-state index contributed by atoms with van der Waals surface area (Å²) < 4.78 is 17.4. The van der Waals surface area contributed by atoms with Gasteiger partial charge in [0.1, 0.15) is 30.2 Å². The fourth-order valence-corrected chi connectivity index (χ4v) is 5.46. The van der Waals surface area contributed by atoms with Gasteiger partial charge in [-0.2, -0.15) is 0 Å². The predicted octanol–water partition coefficient (Wildman–Crippen LogP) is 0.786. The third kappa shape index (κ3) is 6.46. The van der Waals surface area contributed by atoms with E-state index in [2.05, 4.69) is 0 Å². The second kappa shape index (κ2) is 12.1. The summed E-state index contributed by atoms with van der Waals surface area (Å²) >= 11 is 0. The number of ether oxygens (including phenoxy) is 3. The molecule has 0 bridgehead atoms. The minimum atomic E-state index is -1.60. The minimum absolute atomic E-state index is 0.0447. The van der Waals surface area contributed by atoms with Crippen LogP contribution in [0.4, 0.5) is 0 Å². The molecule has 2 aliphatic heterocycles. The number of aliphatic hydroxyl groups is 5. The maximum absolute atomic E-state index is 13.3. The van der Waals surface area contributed by atoms with Crippen molar-refractivity contribution in [1.82, 2.24) is 0 Å². The molecular weight excluding hydrogens is 472 g/mol. The van der Waals surface area contributed by atoms with Gasteiger partial charge in [0.2, 0.25) is 0 Å². The zero-order valence-corrected chi connectivity index (χ0v) is 22.7. The second-order valence-corrected chi connectivity index (χ2v) is 11.2. The van der Waals surface area contributed by atoms with Crippen molar-refractivity contribution in [3.05, 3.63) is 0 Å². The first-order valence-corrected chi connectivity index (χ1v) is 13.0. The first kappa shape index (κ1) is 31.1. The highest BCUT2D eigenvalue weighted by atomic mass is 16.7. The van der Waals surface area contributed by atoms with Crippen molar-refractivity contribution in [3.8, 4) is 0 Å². The van der Waals surface area contributed by atoms with Crippen molar-refractivity contribution in [2.75, 3.05) is 0 Å². The molecule has 0 aliphatic carbocycles. The molecule has 10 nitrogen and oxygen atoms in total. The Bertz CT molecular complexity index is 757. The monoisotopic (exact) mass is 518 g/mol. The molecule has 2 fully saturated rings. The van der Waals surface area contributed by atoms with Crippen LogP contribution in [-0.4, -0.2) is 91.9 Å². The molecule has 36 heavy (non-hydrogen) atoms. The normalized spacial score (nSPS) is 50.0. The predicted molar refractivity (Wildman–Crippen MR) is 129 cm³/mol. The number of esters is 1. The van der Waals surface area contributed by atoms with Crippen molar-refractivity contribution in [3.63, 3.8) is 0 Å². The van der Waals surface area contributed by atoms with Gasteiger partial charge in [-0.1, -0.05) is 34.6 Å². The average molecular weight is 519 g/mol. The van der Waals surface area contributed by atoms with E-state index < -0.39 is 90.2 Å². The van der Waals surface area contributed by atoms with Crippen LogP contribution >= 0.6 is 0 Å². The van der Waals surface area contributed by atoms with Gasteiger partial charge in [-0.25, -0.2) is 0 Å². The third-order valence-corrected chi connectivity index (χ3v) is 8.40. The molecule has 10 heteroatoms. The van der Waals surface area contributed by atoms with Gasteiger partial charge in [-0.15, -0.1) is 0 Å². The highest BCUT2D eigenvalue weighted by molar-refractivity contribution is 5.83. The lowest BCUT2D eigenvalue weighted by molar-refractivity contribution is -0.315. The zero-order valence-electron chi connectivity index (χ0n) is 22.7. The summed E-state index contributed by atoms with van der Waals surface area (Å²) in [6.07, 6.45) is -8.97. The van der Waals surface area contributed by atoms with Gasteiger partial charge in [0, 0.05) is 23.7 Å². The molecule has 0 amide bonds. The van der Waals surface area contributed by atoms with Gasteiger partial charge in [0.05, 0.1) is 29.8 Å². The first-order chi connectivity index (χ1) is 16.5. The Morgan fingerprint density at radius 3 is 2.06 bits per heavy atom. The lowest BCUT2D eigenvalue weighted by atomic mass is 9.74. The maximum Gasteiger partial charge on any atom is 0.311 e. The Labute approximate surface area is 213 Å². The Balaban J connectivity index is 2.48. The largest absolute Gasteiger partial charge is 0.462 e. The lowest BCUT2D eigenvalue weighted by Crippen LogP contribution is -2.59. The number of carbonyl (C=O) groups is 2. The van der Waals surface area contributed by atoms with Crippen LogP contribution < -0.4 is 0 Å². The Hall–Kier alpha value is -1.14. The number of hydrogen-bond acceptors (Lipinski definition) is 10. The van der Waals surface area contributed by atoms with E-state index in [4.69, 9.17) is 14.2 Å². The van der Waals surface area contributed by atoms with Crippen LogP contribution in [0.3, 0.4) is 0 Å². The van der Waals surface area contributed by atoms with Crippen molar-refractivity contribution < 1.29 is 49.3 Å².